The van der Waals surface area contributed by atoms with E-state index in [9.17, 15) is 18.3 Å². The van der Waals surface area contributed by atoms with Gasteiger partial charge in [0.2, 0.25) is 10.0 Å². The van der Waals surface area contributed by atoms with Crippen LogP contribution in [0, 0.1) is 19.3 Å². The van der Waals surface area contributed by atoms with Crippen molar-refractivity contribution in [2.45, 2.75) is 45.1 Å². The van der Waals surface area contributed by atoms with Crippen LogP contribution >= 0.6 is 0 Å². The number of rotatable bonds is 8. The van der Waals surface area contributed by atoms with Crippen LogP contribution in [-0.4, -0.2) is 32.6 Å². The molecular weight excluding hydrogens is 378 g/mol. The Labute approximate surface area is 166 Å². The van der Waals surface area contributed by atoms with E-state index in [1.54, 1.807) is 43.5 Å². The largest absolute Gasteiger partial charge is 0.497 e. The van der Waals surface area contributed by atoms with Crippen molar-refractivity contribution in [2.24, 2.45) is 5.41 Å². The van der Waals surface area contributed by atoms with Crippen LogP contribution in [0.15, 0.2) is 47.4 Å². The summed E-state index contributed by atoms with van der Waals surface area (Å²) in [5, 5.41) is 9.66. The molecule has 0 spiro atoms. The quantitative estimate of drug-likeness (QED) is 0.703. The number of hydrogen-bond donors (Lipinski definition) is 2. The first kappa shape index (κ1) is 21.9. The number of methoxy groups -OCH3 is 1. The maximum atomic E-state index is 12.9. The molecule has 0 aliphatic heterocycles. The second-order valence-corrected chi connectivity index (χ2v) is 9.21. The summed E-state index contributed by atoms with van der Waals surface area (Å²) in [6.45, 7) is 6.78. The second-order valence-electron chi connectivity index (χ2n) is 7.50. The van der Waals surface area contributed by atoms with Crippen molar-refractivity contribution in [1.29, 1.82) is 0 Å². The number of aliphatic carboxylic acids is 1. The number of carboxylic acid groups (broad SMARTS) is 1. The molecule has 7 heteroatoms. The van der Waals surface area contributed by atoms with Gasteiger partial charge in [0.1, 0.15) is 5.75 Å². The molecule has 0 amide bonds. The summed E-state index contributed by atoms with van der Waals surface area (Å²) in [7, 11) is -2.33. The first-order chi connectivity index (χ1) is 13.0. The third-order valence-corrected chi connectivity index (χ3v) is 6.58. The number of sulfonamides is 1. The van der Waals surface area contributed by atoms with E-state index in [2.05, 4.69) is 4.72 Å². The Morgan fingerprint density at radius 2 is 1.71 bits per heavy atom. The Kier molecular flexibility index (Phi) is 6.52. The average Bonchev–Trinajstić information content (AvgIpc) is 2.63. The number of benzene rings is 2. The number of ether oxygens (including phenoxy) is 1. The molecule has 0 aliphatic carbocycles. The predicted molar refractivity (Wildman–Crippen MR) is 108 cm³/mol. The predicted octanol–water partition coefficient (Wildman–Crippen LogP) is 3.31. The number of hydrogen-bond acceptors (Lipinski definition) is 4. The van der Waals surface area contributed by atoms with Crippen molar-refractivity contribution >= 4 is 16.0 Å². The smallest absolute Gasteiger partial charge is 0.310 e. The molecule has 1 unspecified atom stereocenters. The van der Waals surface area contributed by atoms with Gasteiger partial charge in [-0.2, -0.15) is 0 Å². The molecule has 28 heavy (non-hydrogen) atoms. The lowest BCUT2D eigenvalue weighted by Crippen LogP contribution is -2.50. The van der Waals surface area contributed by atoms with Gasteiger partial charge in [-0.3, -0.25) is 4.79 Å². The van der Waals surface area contributed by atoms with E-state index in [-0.39, 0.29) is 11.3 Å². The molecule has 2 N–H and O–H groups in total. The molecule has 152 valence electrons. The lowest BCUT2D eigenvalue weighted by Gasteiger charge is -2.31. The van der Waals surface area contributed by atoms with Crippen molar-refractivity contribution in [3.05, 3.63) is 59.2 Å². The van der Waals surface area contributed by atoms with E-state index in [1.165, 1.54) is 19.9 Å². The molecule has 0 bridgehead atoms. The van der Waals surface area contributed by atoms with Gasteiger partial charge in [0.15, 0.2) is 0 Å². The van der Waals surface area contributed by atoms with Gasteiger partial charge in [-0.05, 0) is 75.1 Å². The summed E-state index contributed by atoms with van der Waals surface area (Å²) in [6.07, 6.45) is 0.230. The minimum absolute atomic E-state index is 0.122. The standard InChI is InChI=1S/C21H27NO5S/c1-14-6-11-18(12-15(14)2)28(25,26)22-19(21(3,4)20(23)24)13-16-7-9-17(27-5)10-8-16/h6-12,19,22H,13H2,1-5H3,(H,23,24). The maximum Gasteiger partial charge on any atom is 0.310 e. The van der Waals surface area contributed by atoms with E-state index >= 15 is 0 Å². The van der Waals surface area contributed by atoms with Crippen LogP contribution in [0.5, 0.6) is 5.75 Å². The van der Waals surface area contributed by atoms with Crippen molar-refractivity contribution in [1.82, 2.24) is 4.72 Å². The third kappa shape index (κ3) is 4.91. The normalized spacial score (nSPS) is 13.2. The minimum atomic E-state index is -3.89. The summed E-state index contributed by atoms with van der Waals surface area (Å²) < 4.78 is 33.6. The number of aryl methyl sites for hydroxylation is 2. The van der Waals surface area contributed by atoms with Crippen molar-refractivity contribution in [3.63, 3.8) is 0 Å². The summed E-state index contributed by atoms with van der Waals surface area (Å²) in [4.78, 5) is 11.9. The highest BCUT2D eigenvalue weighted by Gasteiger charge is 2.39. The summed E-state index contributed by atoms with van der Waals surface area (Å²) in [5.41, 5.74) is 1.34. The minimum Gasteiger partial charge on any atom is -0.497 e. The maximum absolute atomic E-state index is 12.9. The van der Waals surface area contributed by atoms with Crippen molar-refractivity contribution < 1.29 is 23.1 Å². The van der Waals surface area contributed by atoms with Crippen LogP contribution in [0.1, 0.15) is 30.5 Å². The van der Waals surface area contributed by atoms with E-state index in [4.69, 9.17) is 4.74 Å². The van der Waals surface area contributed by atoms with E-state index in [1.807, 2.05) is 13.8 Å². The fourth-order valence-corrected chi connectivity index (χ4v) is 4.19. The molecule has 1 atom stereocenters. The monoisotopic (exact) mass is 405 g/mol. The summed E-state index contributed by atoms with van der Waals surface area (Å²) in [5.74, 6) is -0.401. The van der Waals surface area contributed by atoms with Gasteiger partial charge in [-0.1, -0.05) is 18.2 Å². The first-order valence-electron chi connectivity index (χ1n) is 8.93. The van der Waals surface area contributed by atoms with E-state index in [0.29, 0.717) is 5.75 Å². The highest BCUT2D eigenvalue weighted by molar-refractivity contribution is 7.89. The van der Waals surface area contributed by atoms with Gasteiger partial charge < -0.3 is 9.84 Å². The molecule has 0 aliphatic rings. The zero-order valence-corrected chi connectivity index (χ0v) is 17.6. The van der Waals surface area contributed by atoms with Crippen LogP contribution < -0.4 is 9.46 Å². The Balaban J connectivity index is 2.37. The van der Waals surface area contributed by atoms with E-state index < -0.39 is 27.4 Å². The Hall–Kier alpha value is -2.38. The molecule has 0 saturated heterocycles. The van der Waals surface area contributed by atoms with E-state index in [0.717, 1.165) is 16.7 Å². The zero-order chi connectivity index (χ0) is 21.1. The summed E-state index contributed by atoms with van der Waals surface area (Å²) >= 11 is 0. The van der Waals surface area contributed by atoms with Gasteiger partial charge in [0.25, 0.3) is 0 Å². The fourth-order valence-electron chi connectivity index (χ4n) is 2.73. The second kappa shape index (κ2) is 8.32. The van der Waals surface area contributed by atoms with Crippen LogP contribution in [0.25, 0.3) is 0 Å². The van der Waals surface area contributed by atoms with Gasteiger partial charge in [-0.15, -0.1) is 0 Å². The van der Waals surface area contributed by atoms with Gasteiger partial charge in [-0.25, -0.2) is 13.1 Å². The molecule has 2 aromatic carbocycles. The zero-order valence-electron chi connectivity index (χ0n) is 16.8. The molecule has 2 aromatic rings. The molecule has 0 radical (unpaired) electrons. The molecule has 6 nitrogen and oxygen atoms in total. The third-order valence-electron chi connectivity index (χ3n) is 5.11. The van der Waals surface area contributed by atoms with Crippen LogP contribution in [0.3, 0.4) is 0 Å². The topological polar surface area (TPSA) is 92.7 Å². The number of carboxylic acids is 1. The van der Waals surface area contributed by atoms with Gasteiger partial charge in [0, 0.05) is 6.04 Å². The Bertz CT molecular complexity index is 949. The van der Waals surface area contributed by atoms with Crippen molar-refractivity contribution in [3.8, 4) is 5.75 Å². The molecule has 0 heterocycles. The molecule has 0 fully saturated rings. The SMILES string of the molecule is COc1ccc(CC(NS(=O)(=O)c2ccc(C)c(C)c2)C(C)(C)C(=O)O)cc1. The fraction of sp³-hybridized carbons (Fsp3) is 0.381. The number of nitrogens with one attached hydrogen (secondary N) is 1. The summed E-state index contributed by atoms with van der Waals surface area (Å²) in [6, 6.07) is 11.1. The van der Waals surface area contributed by atoms with Crippen molar-refractivity contribution in [2.75, 3.05) is 7.11 Å². The van der Waals surface area contributed by atoms with Crippen LogP contribution in [0.4, 0.5) is 0 Å². The Morgan fingerprint density at radius 1 is 1.11 bits per heavy atom. The van der Waals surface area contributed by atoms with Gasteiger partial charge in [0.05, 0.1) is 17.4 Å². The van der Waals surface area contributed by atoms with Gasteiger partial charge >= 0.3 is 5.97 Å². The lowest BCUT2D eigenvalue weighted by molar-refractivity contribution is -0.148. The Morgan fingerprint density at radius 3 is 2.21 bits per heavy atom. The molecule has 0 saturated carbocycles. The van der Waals surface area contributed by atoms with Crippen LogP contribution in [0.2, 0.25) is 0 Å². The highest BCUT2D eigenvalue weighted by Crippen LogP contribution is 2.27. The lowest BCUT2D eigenvalue weighted by atomic mass is 9.82. The number of carbonyl (C=O) groups is 1. The first-order valence-corrected chi connectivity index (χ1v) is 10.4. The highest BCUT2D eigenvalue weighted by atomic mass is 32.2. The molecular formula is C21H27NO5S. The molecule has 0 aromatic heterocycles. The average molecular weight is 406 g/mol. The van der Waals surface area contributed by atoms with Crippen LogP contribution in [-0.2, 0) is 21.2 Å². The molecule has 2 rings (SSSR count).